The predicted octanol–water partition coefficient (Wildman–Crippen LogP) is 3.41. The first kappa shape index (κ1) is 27.3. The molecule has 0 bridgehead atoms. The predicted molar refractivity (Wildman–Crippen MR) is 137 cm³/mol. The zero-order chi connectivity index (χ0) is 22.4. The molecule has 8 heteroatoms. The standard InChI is InChI=1S/C23H38N4O3.HI/c1-22(2,17-10-11-18(29-6)19(14-17)30-7)15-25-21(24-3)26-16-23(12-8-9-13-23)20(28)27(4)5;/h10-11,14H,8-9,12-13,15-16H2,1-7H3,(H2,24,25,26);1H. The van der Waals surface area contributed by atoms with E-state index in [-0.39, 0.29) is 40.7 Å². The highest BCUT2D eigenvalue weighted by molar-refractivity contribution is 14.0. The molecule has 7 nitrogen and oxygen atoms in total. The van der Waals surface area contributed by atoms with Crippen LogP contribution in [0, 0.1) is 5.41 Å². The molecule has 0 atom stereocenters. The number of carbonyl (C=O) groups is 1. The summed E-state index contributed by atoms with van der Waals surface area (Å²) < 4.78 is 10.8. The molecule has 1 fully saturated rings. The maximum Gasteiger partial charge on any atom is 0.230 e. The smallest absolute Gasteiger partial charge is 0.230 e. The Morgan fingerprint density at radius 3 is 2.26 bits per heavy atom. The minimum atomic E-state index is -0.333. The fourth-order valence-corrected chi connectivity index (χ4v) is 4.13. The molecular formula is C23H39IN4O3. The van der Waals surface area contributed by atoms with Gasteiger partial charge in [0.05, 0.1) is 19.6 Å². The lowest BCUT2D eigenvalue weighted by atomic mass is 9.84. The van der Waals surface area contributed by atoms with Crippen LogP contribution in [-0.2, 0) is 10.2 Å². The van der Waals surface area contributed by atoms with Crippen molar-refractivity contribution in [1.82, 2.24) is 15.5 Å². The van der Waals surface area contributed by atoms with Crippen molar-refractivity contribution in [2.75, 3.05) is 48.5 Å². The van der Waals surface area contributed by atoms with E-state index in [0.29, 0.717) is 19.0 Å². The van der Waals surface area contributed by atoms with Gasteiger partial charge in [-0.05, 0) is 30.5 Å². The molecule has 0 saturated heterocycles. The molecule has 2 N–H and O–H groups in total. The molecule has 1 saturated carbocycles. The second-order valence-corrected chi connectivity index (χ2v) is 8.92. The number of hydrogen-bond donors (Lipinski definition) is 2. The van der Waals surface area contributed by atoms with Crippen LogP contribution < -0.4 is 20.1 Å². The molecule has 0 aromatic heterocycles. The van der Waals surface area contributed by atoms with Gasteiger partial charge in [-0.3, -0.25) is 9.79 Å². The van der Waals surface area contributed by atoms with Crippen molar-refractivity contribution in [3.63, 3.8) is 0 Å². The second kappa shape index (κ2) is 11.8. The van der Waals surface area contributed by atoms with Gasteiger partial charge in [0.15, 0.2) is 17.5 Å². The van der Waals surface area contributed by atoms with Crippen LogP contribution in [0.4, 0.5) is 0 Å². The molecule has 1 aromatic rings. The van der Waals surface area contributed by atoms with E-state index in [2.05, 4.69) is 35.5 Å². The first-order valence-electron chi connectivity index (χ1n) is 10.6. The molecule has 2 rings (SSSR count). The normalized spacial score (nSPS) is 15.6. The number of methoxy groups -OCH3 is 2. The fourth-order valence-electron chi connectivity index (χ4n) is 4.13. The van der Waals surface area contributed by atoms with E-state index in [1.807, 2.05) is 26.2 Å². The van der Waals surface area contributed by atoms with Gasteiger partial charge in [0.2, 0.25) is 5.91 Å². The van der Waals surface area contributed by atoms with E-state index in [1.165, 1.54) is 0 Å². The third-order valence-electron chi connectivity index (χ3n) is 6.10. The number of carbonyl (C=O) groups excluding carboxylic acids is 1. The quantitative estimate of drug-likeness (QED) is 0.297. The number of ether oxygens (including phenoxy) is 2. The zero-order valence-corrected chi connectivity index (χ0v) is 22.3. The summed E-state index contributed by atoms with van der Waals surface area (Å²) in [6.45, 7) is 5.61. The van der Waals surface area contributed by atoms with Gasteiger partial charge >= 0.3 is 0 Å². The van der Waals surface area contributed by atoms with E-state index in [9.17, 15) is 4.79 Å². The van der Waals surface area contributed by atoms with Gasteiger partial charge in [-0.2, -0.15) is 0 Å². The van der Waals surface area contributed by atoms with Crippen LogP contribution >= 0.6 is 24.0 Å². The maximum absolute atomic E-state index is 12.8. The lowest BCUT2D eigenvalue weighted by Crippen LogP contribution is -2.50. The van der Waals surface area contributed by atoms with Gasteiger partial charge < -0.3 is 25.0 Å². The van der Waals surface area contributed by atoms with Crippen LogP contribution in [0.5, 0.6) is 11.5 Å². The van der Waals surface area contributed by atoms with E-state index in [0.717, 1.165) is 42.7 Å². The largest absolute Gasteiger partial charge is 0.493 e. The maximum atomic E-state index is 12.8. The van der Waals surface area contributed by atoms with Crippen molar-refractivity contribution in [3.8, 4) is 11.5 Å². The molecule has 0 unspecified atom stereocenters. The van der Waals surface area contributed by atoms with Crippen molar-refractivity contribution in [3.05, 3.63) is 23.8 Å². The van der Waals surface area contributed by atoms with Crippen LogP contribution in [0.3, 0.4) is 0 Å². The molecule has 1 amide bonds. The van der Waals surface area contributed by atoms with Gasteiger partial charge in [0.25, 0.3) is 0 Å². The van der Waals surface area contributed by atoms with E-state index < -0.39 is 0 Å². The summed E-state index contributed by atoms with van der Waals surface area (Å²) in [6, 6.07) is 6.00. The molecule has 176 valence electrons. The highest BCUT2D eigenvalue weighted by atomic mass is 127. The summed E-state index contributed by atoms with van der Waals surface area (Å²) in [5, 5.41) is 6.83. The number of nitrogens with zero attached hydrogens (tertiary/aromatic N) is 2. The molecule has 1 aromatic carbocycles. The Morgan fingerprint density at radius 1 is 1.13 bits per heavy atom. The Morgan fingerprint density at radius 2 is 1.74 bits per heavy atom. The zero-order valence-electron chi connectivity index (χ0n) is 20.0. The van der Waals surface area contributed by atoms with Gasteiger partial charge in [-0.1, -0.05) is 32.8 Å². The lowest BCUT2D eigenvalue weighted by molar-refractivity contribution is -0.138. The molecule has 0 aliphatic heterocycles. The summed E-state index contributed by atoms with van der Waals surface area (Å²) >= 11 is 0. The second-order valence-electron chi connectivity index (χ2n) is 8.92. The number of benzene rings is 1. The highest BCUT2D eigenvalue weighted by Gasteiger charge is 2.42. The fraction of sp³-hybridized carbons (Fsp3) is 0.652. The Labute approximate surface area is 204 Å². The number of rotatable bonds is 8. The molecular weight excluding hydrogens is 507 g/mol. The van der Waals surface area contributed by atoms with Gasteiger partial charge in [0.1, 0.15) is 0 Å². The molecule has 31 heavy (non-hydrogen) atoms. The number of amides is 1. The van der Waals surface area contributed by atoms with Gasteiger partial charge in [-0.25, -0.2) is 0 Å². The van der Waals surface area contributed by atoms with Gasteiger partial charge in [-0.15, -0.1) is 24.0 Å². The highest BCUT2D eigenvalue weighted by Crippen LogP contribution is 2.39. The summed E-state index contributed by atoms with van der Waals surface area (Å²) in [5.74, 6) is 2.35. The Hall–Kier alpha value is -1.71. The monoisotopic (exact) mass is 546 g/mol. The number of halogens is 1. The third kappa shape index (κ3) is 6.63. The average molecular weight is 546 g/mol. The van der Waals surface area contributed by atoms with E-state index >= 15 is 0 Å². The number of aliphatic imine (C=N–C) groups is 1. The Bertz CT molecular complexity index is 759. The summed E-state index contributed by atoms with van der Waals surface area (Å²) in [6.07, 6.45) is 4.04. The van der Waals surface area contributed by atoms with E-state index in [4.69, 9.17) is 9.47 Å². The summed E-state index contributed by atoms with van der Waals surface area (Å²) in [5.41, 5.74) is 0.639. The van der Waals surface area contributed by atoms with Crippen molar-refractivity contribution < 1.29 is 14.3 Å². The topological polar surface area (TPSA) is 75.2 Å². The molecule has 1 aliphatic rings. The minimum absolute atomic E-state index is 0. The van der Waals surface area contributed by atoms with Crippen LogP contribution in [0.15, 0.2) is 23.2 Å². The Balaban J connectivity index is 0.00000480. The Kier molecular flexibility index (Phi) is 10.4. The molecule has 1 aliphatic carbocycles. The van der Waals surface area contributed by atoms with Crippen molar-refractivity contribution in [1.29, 1.82) is 0 Å². The molecule has 0 radical (unpaired) electrons. The first-order valence-corrected chi connectivity index (χ1v) is 10.6. The van der Waals surface area contributed by atoms with Crippen molar-refractivity contribution in [2.45, 2.75) is 44.9 Å². The van der Waals surface area contributed by atoms with Crippen LogP contribution in [0.2, 0.25) is 0 Å². The van der Waals surface area contributed by atoms with Crippen LogP contribution in [-0.4, -0.2) is 65.2 Å². The first-order chi connectivity index (χ1) is 14.2. The average Bonchev–Trinajstić information content (AvgIpc) is 3.22. The van der Waals surface area contributed by atoms with Crippen LogP contribution in [0.1, 0.15) is 45.1 Å². The minimum Gasteiger partial charge on any atom is -0.493 e. The van der Waals surface area contributed by atoms with Crippen molar-refractivity contribution >= 4 is 35.8 Å². The summed E-state index contributed by atoms with van der Waals surface area (Å²) in [7, 11) is 8.71. The van der Waals surface area contributed by atoms with Crippen LogP contribution in [0.25, 0.3) is 0 Å². The SMILES string of the molecule is CN=C(NCC1(C(=O)N(C)C)CCCC1)NCC(C)(C)c1ccc(OC)c(OC)c1.I. The van der Waals surface area contributed by atoms with Gasteiger partial charge in [0, 0.05) is 39.6 Å². The molecule has 0 heterocycles. The third-order valence-corrected chi connectivity index (χ3v) is 6.10. The summed E-state index contributed by atoms with van der Waals surface area (Å²) in [4.78, 5) is 18.9. The lowest BCUT2D eigenvalue weighted by Gasteiger charge is -2.32. The number of nitrogens with one attached hydrogen (secondary N) is 2. The number of hydrogen-bond acceptors (Lipinski definition) is 4. The molecule has 0 spiro atoms. The number of guanidine groups is 1. The van der Waals surface area contributed by atoms with Crippen molar-refractivity contribution in [2.24, 2.45) is 10.4 Å². The van der Waals surface area contributed by atoms with E-state index in [1.54, 1.807) is 26.2 Å².